The summed E-state index contributed by atoms with van der Waals surface area (Å²) in [6, 6.07) is 9.01. The fourth-order valence-corrected chi connectivity index (χ4v) is 3.71. The number of nitrogens with zero attached hydrogens (tertiary/aromatic N) is 1. The molecule has 1 spiro atoms. The van der Waals surface area contributed by atoms with Crippen molar-refractivity contribution >= 4 is 13.1 Å². The zero-order chi connectivity index (χ0) is 12.1. The summed E-state index contributed by atoms with van der Waals surface area (Å²) in [6.07, 6.45) is 3.66. The quantitative estimate of drug-likeness (QED) is 0.601. The van der Waals surface area contributed by atoms with Crippen molar-refractivity contribution in [2.24, 2.45) is 10.3 Å². The Hall–Kier alpha value is -1.05. The molecule has 1 aromatic carbocycles. The molecular weight excluding hydrogens is 205 g/mol. The van der Waals surface area contributed by atoms with Crippen molar-refractivity contribution in [3.63, 3.8) is 0 Å². The van der Waals surface area contributed by atoms with Gasteiger partial charge in [0, 0.05) is 5.31 Å². The van der Waals surface area contributed by atoms with Gasteiger partial charge in [-0.25, -0.2) is 0 Å². The number of rotatable bonds is 0. The molecule has 0 saturated carbocycles. The highest BCUT2D eigenvalue weighted by molar-refractivity contribution is 6.44. The Kier molecular flexibility index (Phi) is 2.26. The second-order valence-electron chi connectivity index (χ2n) is 6.35. The van der Waals surface area contributed by atoms with Gasteiger partial charge in [-0.05, 0) is 48.4 Å². The maximum Gasteiger partial charge on any atom is 0.273 e. The Balaban J connectivity index is 2.17. The Labute approximate surface area is 105 Å². The van der Waals surface area contributed by atoms with E-state index in [2.05, 4.69) is 45.0 Å². The molecule has 17 heavy (non-hydrogen) atoms. The molecule has 0 N–H and O–H groups in total. The summed E-state index contributed by atoms with van der Waals surface area (Å²) in [5, 5.41) is 0.270. The maximum atomic E-state index is 4.72. The van der Waals surface area contributed by atoms with Crippen LogP contribution in [0.2, 0.25) is 0 Å². The Bertz CT molecular complexity index is 489. The van der Waals surface area contributed by atoms with Crippen LogP contribution < -0.4 is 0 Å². The van der Waals surface area contributed by atoms with Crippen LogP contribution in [0.3, 0.4) is 0 Å². The predicted octanol–water partition coefficient (Wildman–Crippen LogP) is 3.07. The lowest BCUT2D eigenvalue weighted by Crippen LogP contribution is -2.48. The number of hydrogen-bond acceptors (Lipinski definition) is 1. The normalized spacial score (nSPS) is 29.7. The minimum Gasteiger partial charge on any atom is -0.354 e. The molecule has 0 unspecified atom stereocenters. The molecular formula is C15H20BN. The van der Waals surface area contributed by atoms with Crippen LogP contribution in [0.25, 0.3) is 0 Å². The van der Waals surface area contributed by atoms with Gasteiger partial charge in [0.15, 0.2) is 0 Å². The fourth-order valence-electron chi connectivity index (χ4n) is 3.71. The molecule has 1 aromatic rings. The van der Waals surface area contributed by atoms with Gasteiger partial charge in [0.25, 0.3) is 7.41 Å². The summed E-state index contributed by atoms with van der Waals surface area (Å²) in [4.78, 5) is 4.72. The molecule has 1 atom stereocenters. The Morgan fingerprint density at radius 3 is 2.71 bits per heavy atom. The smallest absolute Gasteiger partial charge is 0.273 e. The van der Waals surface area contributed by atoms with Gasteiger partial charge >= 0.3 is 0 Å². The van der Waals surface area contributed by atoms with E-state index >= 15 is 0 Å². The molecule has 3 rings (SSSR count). The third-order valence-corrected chi connectivity index (χ3v) is 5.02. The summed E-state index contributed by atoms with van der Waals surface area (Å²) < 4.78 is 0. The summed E-state index contributed by atoms with van der Waals surface area (Å²) in [7, 11) is 0.989. The van der Waals surface area contributed by atoms with E-state index < -0.39 is 0 Å². The van der Waals surface area contributed by atoms with E-state index in [9.17, 15) is 0 Å². The van der Waals surface area contributed by atoms with Gasteiger partial charge in [-0.15, -0.1) is 0 Å². The first-order valence-electron chi connectivity index (χ1n) is 6.63. The largest absolute Gasteiger partial charge is 0.354 e. The third kappa shape index (κ3) is 1.43. The molecule has 0 aromatic heterocycles. The molecule has 1 aliphatic carbocycles. The van der Waals surface area contributed by atoms with Crippen LogP contribution in [0.5, 0.6) is 0 Å². The molecule has 0 saturated heterocycles. The van der Waals surface area contributed by atoms with Gasteiger partial charge in [0.1, 0.15) is 0 Å². The van der Waals surface area contributed by atoms with Crippen molar-refractivity contribution in [3.8, 4) is 0 Å². The minimum absolute atomic E-state index is 0.270. The highest BCUT2D eigenvalue weighted by atomic mass is 14.7. The van der Waals surface area contributed by atoms with Gasteiger partial charge in [-0.2, -0.15) is 0 Å². The van der Waals surface area contributed by atoms with E-state index in [1.165, 1.54) is 18.6 Å². The standard InChI is InChI=1S/C15H20BN/c1-11-10-15(16-17-11)13-7-5-4-6-12(13)8-9-14(15,2)3/h4-7,16H,8-10H2,1-3H3/t15-/m1/s1. The zero-order valence-corrected chi connectivity index (χ0v) is 11.1. The first kappa shape index (κ1) is 11.1. The maximum absolute atomic E-state index is 4.72. The molecule has 0 bridgehead atoms. The number of hydrogen-bond donors (Lipinski definition) is 0. The molecule has 0 radical (unpaired) electrons. The SMILES string of the molecule is CC1=NB[C@]2(C1)c1ccccc1CCC2(C)C. The summed E-state index contributed by atoms with van der Waals surface area (Å²) in [5.41, 5.74) is 4.81. The van der Waals surface area contributed by atoms with Crippen LogP contribution >= 0.6 is 0 Å². The predicted molar refractivity (Wildman–Crippen MR) is 75.1 cm³/mol. The fraction of sp³-hybridized carbons (Fsp3) is 0.533. The van der Waals surface area contributed by atoms with Crippen molar-refractivity contribution in [2.45, 2.75) is 45.3 Å². The van der Waals surface area contributed by atoms with E-state index in [-0.39, 0.29) is 5.31 Å². The molecule has 2 aliphatic rings. The average Bonchev–Trinajstić information content (AvgIpc) is 2.69. The second-order valence-corrected chi connectivity index (χ2v) is 6.35. The monoisotopic (exact) mass is 225 g/mol. The molecule has 88 valence electrons. The number of fused-ring (bicyclic) bond motifs is 2. The van der Waals surface area contributed by atoms with Crippen molar-refractivity contribution in [1.29, 1.82) is 0 Å². The van der Waals surface area contributed by atoms with Crippen LogP contribution in [-0.2, 0) is 11.7 Å². The number of benzene rings is 1. The van der Waals surface area contributed by atoms with Crippen LogP contribution in [0, 0.1) is 5.41 Å². The molecule has 1 aliphatic heterocycles. The van der Waals surface area contributed by atoms with Crippen molar-refractivity contribution in [2.75, 3.05) is 0 Å². The average molecular weight is 225 g/mol. The molecule has 0 amide bonds. The van der Waals surface area contributed by atoms with E-state index in [4.69, 9.17) is 4.90 Å². The van der Waals surface area contributed by atoms with Crippen molar-refractivity contribution < 1.29 is 0 Å². The summed E-state index contributed by atoms with van der Waals surface area (Å²) in [6.45, 7) is 7.04. The Morgan fingerprint density at radius 1 is 1.24 bits per heavy atom. The number of aryl methyl sites for hydroxylation is 1. The highest BCUT2D eigenvalue weighted by Gasteiger charge is 2.52. The van der Waals surface area contributed by atoms with Gasteiger partial charge < -0.3 is 4.90 Å². The van der Waals surface area contributed by atoms with Gasteiger partial charge in [-0.3, -0.25) is 0 Å². The molecule has 2 heteroatoms. The van der Waals surface area contributed by atoms with Crippen LogP contribution in [0.4, 0.5) is 0 Å². The lowest BCUT2D eigenvalue weighted by atomic mass is 9.42. The van der Waals surface area contributed by atoms with Crippen molar-refractivity contribution in [1.82, 2.24) is 0 Å². The Morgan fingerprint density at radius 2 is 2.00 bits per heavy atom. The second kappa shape index (κ2) is 3.47. The molecule has 1 heterocycles. The van der Waals surface area contributed by atoms with E-state index in [0.717, 1.165) is 13.8 Å². The lowest BCUT2D eigenvalue weighted by molar-refractivity contribution is 0.211. The van der Waals surface area contributed by atoms with Crippen LogP contribution in [-0.4, -0.2) is 13.1 Å². The third-order valence-electron chi connectivity index (χ3n) is 5.02. The first-order valence-corrected chi connectivity index (χ1v) is 6.63. The highest BCUT2D eigenvalue weighted by Crippen LogP contribution is 2.53. The lowest BCUT2D eigenvalue weighted by Gasteiger charge is -2.48. The van der Waals surface area contributed by atoms with Crippen LogP contribution in [0.15, 0.2) is 29.2 Å². The van der Waals surface area contributed by atoms with Gasteiger partial charge in [-0.1, -0.05) is 38.1 Å². The topological polar surface area (TPSA) is 12.4 Å². The van der Waals surface area contributed by atoms with E-state index in [0.29, 0.717) is 5.41 Å². The zero-order valence-electron chi connectivity index (χ0n) is 11.1. The minimum atomic E-state index is 0.270. The van der Waals surface area contributed by atoms with Gasteiger partial charge in [0.05, 0.1) is 0 Å². The van der Waals surface area contributed by atoms with Gasteiger partial charge in [0.2, 0.25) is 0 Å². The van der Waals surface area contributed by atoms with E-state index in [1.54, 1.807) is 11.1 Å². The van der Waals surface area contributed by atoms with Crippen molar-refractivity contribution in [3.05, 3.63) is 35.4 Å². The van der Waals surface area contributed by atoms with E-state index in [1.807, 2.05) is 0 Å². The summed E-state index contributed by atoms with van der Waals surface area (Å²) >= 11 is 0. The summed E-state index contributed by atoms with van der Waals surface area (Å²) in [5.74, 6) is 0. The molecule has 1 nitrogen and oxygen atoms in total. The molecule has 0 fully saturated rings. The first-order chi connectivity index (χ1) is 8.05. The van der Waals surface area contributed by atoms with Crippen LogP contribution in [0.1, 0.15) is 44.7 Å².